The van der Waals surface area contributed by atoms with Crippen molar-refractivity contribution in [2.75, 3.05) is 13.2 Å². The summed E-state index contributed by atoms with van der Waals surface area (Å²) in [5.41, 5.74) is 8.42. The van der Waals surface area contributed by atoms with Crippen molar-refractivity contribution >= 4 is 33.5 Å². The standard InChI is InChI=1S/C38H46ClN3O5S.C2HF3O2/c39-29-10-6-27(7-11-29)28-8-14-34(15-9-28)47-35-20-21-41(37(24-35)38(43)42-31-12-13-32(42)23-30(40)22-31)48(44,45)36-18-16-33(17-19-36)46-25-26-4-2-1-3-5-26;3-2(4,5)1(6)7/h6-11,14-19,26,30-32,35,37H,1-5,12-13,20-25,40H2;(H,6,7)/t30?,31?,32?,35-,37+;/m0./s1. The third kappa shape index (κ3) is 10.1. The molecule has 3 saturated heterocycles. The van der Waals surface area contributed by atoms with E-state index in [1.165, 1.54) is 36.4 Å². The summed E-state index contributed by atoms with van der Waals surface area (Å²) in [4.78, 5) is 25.4. The summed E-state index contributed by atoms with van der Waals surface area (Å²) >= 11 is 6.06. The van der Waals surface area contributed by atoms with Gasteiger partial charge in [-0.3, -0.25) is 4.79 Å². The third-order valence-corrected chi connectivity index (χ3v) is 13.2. The average molecular weight is 806 g/mol. The number of piperidine rings is 2. The molecule has 298 valence electrons. The highest BCUT2D eigenvalue weighted by Gasteiger charge is 2.49. The molecule has 1 amide bonds. The lowest BCUT2D eigenvalue weighted by Crippen LogP contribution is -2.60. The molecule has 0 radical (unpaired) electrons. The third-order valence-electron chi connectivity index (χ3n) is 11.0. The van der Waals surface area contributed by atoms with Gasteiger partial charge in [0, 0.05) is 36.1 Å². The number of benzene rings is 3. The molecule has 3 aromatic carbocycles. The van der Waals surface area contributed by atoms with Crippen LogP contribution in [-0.2, 0) is 19.6 Å². The molecule has 3 aliphatic heterocycles. The number of alkyl halides is 3. The van der Waals surface area contributed by atoms with Crippen LogP contribution in [0.15, 0.2) is 77.7 Å². The van der Waals surface area contributed by atoms with Crippen LogP contribution >= 0.6 is 11.6 Å². The van der Waals surface area contributed by atoms with Crippen molar-refractivity contribution in [3.8, 4) is 22.6 Å². The first-order valence-electron chi connectivity index (χ1n) is 18.8. The van der Waals surface area contributed by atoms with Gasteiger partial charge in [-0.05, 0) is 111 Å². The minimum Gasteiger partial charge on any atom is -0.493 e. The van der Waals surface area contributed by atoms with Gasteiger partial charge in [0.05, 0.1) is 11.5 Å². The van der Waals surface area contributed by atoms with E-state index in [9.17, 15) is 26.4 Å². The van der Waals surface area contributed by atoms with Gasteiger partial charge in [-0.1, -0.05) is 55.1 Å². The Morgan fingerprint density at radius 1 is 0.800 bits per heavy atom. The van der Waals surface area contributed by atoms with Crippen LogP contribution in [0, 0.1) is 5.92 Å². The van der Waals surface area contributed by atoms with Gasteiger partial charge in [0.2, 0.25) is 15.9 Å². The van der Waals surface area contributed by atoms with Crippen molar-refractivity contribution in [3.05, 3.63) is 77.8 Å². The van der Waals surface area contributed by atoms with E-state index >= 15 is 0 Å². The summed E-state index contributed by atoms with van der Waals surface area (Å²) in [5.74, 6) is -0.974. The first-order valence-corrected chi connectivity index (χ1v) is 20.7. The predicted molar refractivity (Wildman–Crippen MR) is 201 cm³/mol. The van der Waals surface area contributed by atoms with E-state index in [0.29, 0.717) is 35.5 Å². The highest BCUT2D eigenvalue weighted by atomic mass is 35.5. The number of aliphatic carboxylic acids is 1. The van der Waals surface area contributed by atoms with E-state index in [4.69, 9.17) is 36.7 Å². The molecule has 55 heavy (non-hydrogen) atoms. The van der Waals surface area contributed by atoms with Gasteiger partial charge in [0.15, 0.2) is 0 Å². The van der Waals surface area contributed by atoms with Crippen LogP contribution < -0.4 is 15.2 Å². The Morgan fingerprint density at radius 3 is 1.91 bits per heavy atom. The first-order chi connectivity index (χ1) is 26.2. The monoisotopic (exact) mass is 805 g/mol. The maximum Gasteiger partial charge on any atom is 0.490 e. The summed E-state index contributed by atoms with van der Waals surface area (Å²) in [7, 11) is -3.97. The molecule has 1 aliphatic carbocycles. The molecule has 4 atom stereocenters. The Hall–Kier alpha value is -3.85. The number of halogens is 4. The molecule has 0 aromatic heterocycles. The summed E-state index contributed by atoms with van der Waals surface area (Å²) in [6, 6.07) is 21.5. The van der Waals surface area contributed by atoms with Crippen molar-refractivity contribution in [2.45, 2.75) is 112 Å². The zero-order valence-corrected chi connectivity index (χ0v) is 31.9. The zero-order valence-electron chi connectivity index (χ0n) is 30.4. The van der Waals surface area contributed by atoms with Crippen LogP contribution in [0.4, 0.5) is 13.2 Å². The molecule has 3 heterocycles. The van der Waals surface area contributed by atoms with E-state index in [0.717, 1.165) is 36.8 Å². The molecule has 2 unspecified atom stereocenters. The summed E-state index contributed by atoms with van der Waals surface area (Å²) in [6.45, 7) is 0.844. The van der Waals surface area contributed by atoms with Crippen molar-refractivity contribution in [3.63, 3.8) is 0 Å². The molecule has 4 aliphatic rings. The van der Waals surface area contributed by atoms with Gasteiger partial charge < -0.3 is 25.2 Å². The van der Waals surface area contributed by atoms with Gasteiger partial charge in [-0.25, -0.2) is 13.2 Å². The second-order valence-electron chi connectivity index (χ2n) is 14.9. The SMILES string of the molecule is NC1CC2CCC(C1)N2C(=O)[C@H]1C[C@@H](Oc2ccc(-c3ccc(Cl)cc3)cc2)CCN1S(=O)(=O)c1ccc(OCC2CCCCC2)cc1.O=C(O)C(F)(F)F. The second kappa shape index (κ2) is 17.5. The fraction of sp³-hybridized carbons (Fsp3) is 0.500. The van der Waals surface area contributed by atoms with E-state index < -0.39 is 28.2 Å². The van der Waals surface area contributed by atoms with Crippen LogP contribution in [0.2, 0.25) is 5.02 Å². The summed E-state index contributed by atoms with van der Waals surface area (Å²) in [5, 5.41) is 7.81. The number of hydrogen-bond acceptors (Lipinski definition) is 7. The van der Waals surface area contributed by atoms with Crippen molar-refractivity contribution in [1.82, 2.24) is 9.21 Å². The minimum absolute atomic E-state index is 0.0538. The van der Waals surface area contributed by atoms with Crippen molar-refractivity contribution < 1.29 is 45.8 Å². The number of fused-ring (bicyclic) bond motifs is 2. The fourth-order valence-electron chi connectivity index (χ4n) is 8.25. The number of carbonyl (C=O) groups is 2. The molecule has 7 rings (SSSR count). The number of sulfonamides is 1. The fourth-order valence-corrected chi connectivity index (χ4v) is 9.99. The number of amides is 1. The summed E-state index contributed by atoms with van der Waals surface area (Å²) < 4.78 is 74.1. The Kier molecular flexibility index (Phi) is 13.0. The maximum absolute atomic E-state index is 14.4. The van der Waals surface area contributed by atoms with Gasteiger partial charge in [0.25, 0.3) is 0 Å². The van der Waals surface area contributed by atoms with Crippen LogP contribution in [0.1, 0.15) is 70.6 Å². The van der Waals surface area contributed by atoms with Gasteiger partial charge >= 0.3 is 12.1 Å². The van der Waals surface area contributed by atoms with E-state index in [1.807, 2.05) is 53.4 Å². The molecule has 3 N–H and O–H groups in total. The lowest BCUT2D eigenvalue weighted by molar-refractivity contribution is -0.192. The Bertz CT molecular complexity index is 1860. The maximum atomic E-state index is 14.4. The highest BCUT2D eigenvalue weighted by molar-refractivity contribution is 7.89. The number of ether oxygens (including phenoxy) is 2. The van der Waals surface area contributed by atoms with Crippen LogP contribution in [0.25, 0.3) is 11.1 Å². The molecule has 15 heteroatoms. The normalized spacial score (nSPS) is 24.7. The van der Waals surface area contributed by atoms with Gasteiger partial charge in [0.1, 0.15) is 23.6 Å². The number of carboxylic acids is 1. The van der Waals surface area contributed by atoms with E-state index in [2.05, 4.69) is 0 Å². The van der Waals surface area contributed by atoms with Crippen molar-refractivity contribution in [2.24, 2.45) is 11.7 Å². The molecule has 2 bridgehead atoms. The van der Waals surface area contributed by atoms with Crippen LogP contribution in [0.3, 0.4) is 0 Å². The number of rotatable bonds is 9. The molecule has 1 saturated carbocycles. The molecule has 0 spiro atoms. The molecule has 3 aromatic rings. The number of nitrogens with zero attached hydrogens (tertiary/aromatic N) is 2. The Balaban J connectivity index is 0.000000672. The van der Waals surface area contributed by atoms with Gasteiger partial charge in [-0.2, -0.15) is 17.5 Å². The number of nitrogens with two attached hydrogens (primary N) is 1. The zero-order chi connectivity index (χ0) is 39.3. The first kappa shape index (κ1) is 40.8. The Morgan fingerprint density at radius 2 is 1.35 bits per heavy atom. The molecule has 4 fully saturated rings. The van der Waals surface area contributed by atoms with Crippen molar-refractivity contribution in [1.29, 1.82) is 0 Å². The Labute approximate surface area is 324 Å². The summed E-state index contributed by atoms with van der Waals surface area (Å²) in [6.07, 6.45) is 4.83. The molecular formula is C40H47ClF3N3O7S. The lowest BCUT2D eigenvalue weighted by Gasteiger charge is -2.44. The highest BCUT2D eigenvalue weighted by Crippen LogP contribution is 2.39. The molecule has 10 nitrogen and oxygen atoms in total. The minimum atomic E-state index is -5.08. The number of carboxylic acid groups (broad SMARTS) is 1. The number of carbonyl (C=O) groups excluding carboxylic acids is 1. The predicted octanol–water partition coefficient (Wildman–Crippen LogP) is 7.68. The average Bonchev–Trinajstić information content (AvgIpc) is 3.44. The van der Waals surface area contributed by atoms with E-state index in [-0.39, 0.29) is 48.0 Å². The largest absolute Gasteiger partial charge is 0.493 e. The second-order valence-corrected chi connectivity index (χ2v) is 17.2. The smallest absolute Gasteiger partial charge is 0.490 e. The lowest BCUT2D eigenvalue weighted by atomic mass is 9.90. The van der Waals surface area contributed by atoms with Crippen LogP contribution in [0.5, 0.6) is 11.5 Å². The molecular weight excluding hydrogens is 759 g/mol. The topological polar surface area (TPSA) is 139 Å². The van der Waals surface area contributed by atoms with Crippen LogP contribution in [-0.4, -0.2) is 84.2 Å². The number of hydrogen-bond donors (Lipinski definition) is 2. The quantitative estimate of drug-likeness (QED) is 0.225. The van der Waals surface area contributed by atoms with Gasteiger partial charge in [-0.15, -0.1) is 0 Å². The van der Waals surface area contributed by atoms with E-state index in [1.54, 1.807) is 24.3 Å².